The summed E-state index contributed by atoms with van der Waals surface area (Å²) >= 11 is 1.29. The molecule has 0 aliphatic rings. The third kappa shape index (κ3) is 4.98. The summed E-state index contributed by atoms with van der Waals surface area (Å²) in [5.74, 6) is 0. The molecule has 0 unspecified atom stereocenters. The first-order valence-corrected chi connectivity index (χ1v) is 22.3. The van der Waals surface area contributed by atoms with Crippen molar-refractivity contribution in [2.75, 3.05) is 0 Å². The molecule has 0 aliphatic carbocycles. The van der Waals surface area contributed by atoms with Gasteiger partial charge in [0.1, 0.15) is 6.07 Å². The average Bonchev–Trinajstić information content (AvgIpc) is 1.50. The molecule has 15 aromatic rings. The molecule has 0 radical (unpaired) electrons. The van der Waals surface area contributed by atoms with Gasteiger partial charge in [0.25, 0.3) is 0 Å². The Bertz CT molecular complexity index is 5900. The lowest BCUT2D eigenvalue weighted by Crippen LogP contribution is -2.14. The zero-order valence-electron chi connectivity index (χ0n) is 59.8. The van der Waals surface area contributed by atoms with Crippen molar-refractivity contribution in [3.63, 3.8) is 0 Å². The van der Waals surface area contributed by atoms with Gasteiger partial charge in [0.15, 0.2) is 0 Å². The van der Waals surface area contributed by atoms with Gasteiger partial charge in [0.2, 0.25) is 5.69 Å². The molecule has 0 saturated carbocycles. The fourth-order valence-corrected chi connectivity index (χ4v) is 11.6. The molecule has 5 heterocycles. The number of hydrogen-bond donors (Lipinski definition) is 0. The van der Waals surface area contributed by atoms with Crippen LogP contribution in [0.3, 0.4) is 0 Å². The smallest absolute Gasteiger partial charge is 0.237 e. The molecule has 324 valence electrons. The third-order valence-corrected chi connectivity index (χ3v) is 14.2. The van der Waals surface area contributed by atoms with Crippen LogP contribution in [0.4, 0.5) is 5.69 Å². The Kier molecular flexibility index (Phi) is 4.53. The lowest BCUT2D eigenvalue weighted by atomic mass is 10.0. The van der Waals surface area contributed by atoms with Gasteiger partial charge in [-0.15, -0.1) is 11.3 Å². The summed E-state index contributed by atoms with van der Waals surface area (Å²) in [6.45, 7) is 11.6. The van der Waals surface area contributed by atoms with Crippen LogP contribution >= 0.6 is 11.3 Å². The van der Waals surface area contributed by atoms with E-state index in [-0.39, 0.29) is 11.0 Å². The fraction of sp³-hybridized carbons (Fsp3) is 0.0159. The Morgan fingerprint density at radius 1 is 0.457 bits per heavy atom. The van der Waals surface area contributed by atoms with Crippen LogP contribution < -0.4 is 0 Å². The van der Waals surface area contributed by atoms with Gasteiger partial charge in [0, 0.05) is 58.6 Å². The lowest BCUT2D eigenvalue weighted by molar-refractivity contribution is 1.03. The standard InChI is InChI=1S/C63H36N6S/c1-37-31-34-55-47(35-37)45-32-33-46-44-23-9-16-30-56(44)70-63(46)60(45)69(55)62-59(67-51-26-12-5-19-40(51)41-20-6-13-27-52(41)67)48(36-64)58(66-49-24-10-3-17-38(49)39-18-4-11-25-50(39)66)57(65-2)61(62)68-53-28-14-7-21-42(53)43-22-8-15-29-54(43)68/h3-35H,1H3/i3D,4D,5D,6D,7D,8D,10D,11D,12D,13D,14D,15D,17D,18D,19D,20D,21D,22D,24D,25D,26D,27D,28D,29D. The summed E-state index contributed by atoms with van der Waals surface area (Å²) in [6, 6.07) is -3.06. The van der Waals surface area contributed by atoms with Crippen molar-refractivity contribution in [3.8, 4) is 28.8 Å². The number of aryl methyl sites for hydroxylation is 1. The van der Waals surface area contributed by atoms with Crippen LogP contribution in [0, 0.1) is 24.8 Å². The summed E-state index contributed by atoms with van der Waals surface area (Å²) in [5, 5.41) is 11.8. The van der Waals surface area contributed by atoms with Crippen LogP contribution in [0.2, 0.25) is 0 Å². The molecule has 0 saturated heterocycles. The molecule has 0 fully saturated rings. The molecule has 7 heteroatoms. The van der Waals surface area contributed by atoms with E-state index in [1.165, 1.54) is 11.3 Å². The van der Waals surface area contributed by atoms with Gasteiger partial charge in [-0.1, -0.05) is 151 Å². The van der Waals surface area contributed by atoms with Crippen LogP contribution in [0.5, 0.6) is 0 Å². The largest absolute Gasteiger partial charge is 0.318 e. The highest BCUT2D eigenvalue weighted by Crippen LogP contribution is 2.53. The monoisotopic (exact) mass is 932 g/mol. The van der Waals surface area contributed by atoms with E-state index in [1.807, 2.05) is 49.4 Å². The van der Waals surface area contributed by atoms with Crippen molar-refractivity contribution in [1.29, 1.82) is 5.26 Å². The Balaban J connectivity index is 1.42. The van der Waals surface area contributed by atoms with Crippen molar-refractivity contribution < 1.29 is 32.9 Å². The van der Waals surface area contributed by atoms with Crippen LogP contribution in [0.1, 0.15) is 44.0 Å². The van der Waals surface area contributed by atoms with Crippen molar-refractivity contribution in [2.24, 2.45) is 0 Å². The highest BCUT2D eigenvalue weighted by atomic mass is 32.1. The summed E-state index contributed by atoms with van der Waals surface area (Å²) in [5.41, 5.74) is -7.31. The molecule has 10 aromatic carbocycles. The first kappa shape index (κ1) is 22.1. The Morgan fingerprint density at radius 3 is 1.41 bits per heavy atom. The second-order valence-corrected chi connectivity index (χ2v) is 17.5. The molecule has 15 rings (SSSR count). The van der Waals surface area contributed by atoms with Gasteiger partial charge >= 0.3 is 0 Å². The Hall–Kier alpha value is -9.40. The average molecular weight is 933 g/mol. The number of nitrogens with zero attached hydrogens (tertiary/aromatic N) is 6. The van der Waals surface area contributed by atoms with Gasteiger partial charge in [-0.25, -0.2) is 4.85 Å². The van der Waals surface area contributed by atoms with Crippen molar-refractivity contribution in [1.82, 2.24) is 18.3 Å². The minimum Gasteiger partial charge on any atom is -0.318 e. The van der Waals surface area contributed by atoms with Gasteiger partial charge in [0.05, 0.1) is 117 Å². The van der Waals surface area contributed by atoms with E-state index in [4.69, 9.17) is 8.22 Å². The van der Waals surface area contributed by atoms with Gasteiger partial charge < -0.3 is 18.3 Å². The van der Waals surface area contributed by atoms with Crippen molar-refractivity contribution in [3.05, 3.63) is 222 Å². The maximum absolute atomic E-state index is 12.8. The number of rotatable bonds is 4. The van der Waals surface area contributed by atoms with Crippen LogP contribution in [-0.2, 0) is 0 Å². The highest BCUT2D eigenvalue weighted by Gasteiger charge is 2.35. The SMILES string of the molecule is [2H]c1c([2H])c([2H])c2c(c1[2H])c1c([2H])c([2H])c([2H])c([2H])c1n2-c1c(C#N)c(-n2c3c([2H])c([2H])c([2H])c([2H])c3c3c([2H])c([2H])c([2H])c([2H])c32)c(-n2c3ccc(C)cc3c3ccc4c5ccccc5sc4c32)c(-n2c3c([2H])c([2H])c([2H])c([2H])c3c3c([2H])c([2H])c([2H])c([2H])c32)c1[N+]#[C-]. The normalized spacial score (nSPS) is 16.8. The van der Waals surface area contributed by atoms with Crippen LogP contribution in [-0.4, -0.2) is 18.3 Å². The maximum Gasteiger partial charge on any atom is 0.237 e. The number of benzene rings is 10. The molecular formula is C63H36N6S. The lowest BCUT2D eigenvalue weighted by Gasteiger charge is -2.27. The number of para-hydroxylation sites is 6. The fourth-order valence-electron chi connectivity index (χ4n) is 10.3. The summed E-state index contributed by atoms with van der Waals surface area (Å²) in [4.78, 5) is 4.22. The van der Waals surface area contributed by atoms with E-state index < -0.39 is 244 Å². The van der Waals surface area contributed by atoms with Crippen molar-refractivity contribution >= 4 is 124 Å². The predicted molar refractivity (Wildman–Crippen MR) is 292 cm³/mol. The zero-order valence-corrected chi connectivity index (χ0v) is 36.6. The minimum atomic E-state index is -0.951. The summed E-state index contributed by atoms with van der Waals surface area (Å²) in [6.07, 6.45) is 0. The molecular weight excluding hydrogens is 873 g/mol. The second kappa shape index (κ2) is 14.3. The third-order valence-electron chi connectivity index (χ3n) is 13.0. The molecule has 0 amide bonds. The number of thiophene rings is 1. The van der Waals surface area contributed by atoms with Crippen molar-refractivity contribution in [2.45, 2.75) is 6.92 Å². The van der Waals surface area contributed by atoms with E-state index in [0.717, 1.165) is 23.8 Å². The summed E-state index contributed by atoms with van der Waals surface area (Å²) in [7, 11) is 0. The van der Waals surface area contributed by atoms with E-state index in [9.17, 15) is 36.5 Å². The Morgan fingerprint density at radius 2 is 0.914 bits per heavy atom. The van der Waals surface area contributed by atoms with Crippen LogP contribution in [0.25, 0.3) is 135 Å². The molecule has 5 aromatic heterocycles. The molecule has 0 aliphatic heterocycles. The number of nitriles is 1. The molecule has 0 spiro atoms. The Labute approximate surface area is 438 Å². The molecule has 0 atom stereocenters. The van der Waals surface area contributed by atoms with Gasteiger partial charge in [-0.2, -0.15) is 5.26 Å². The van der Waals surface area contributed by atoms with Crippen LogP contribution in [0.15, 0.2) is 200 Å². The van der Waals surface area contributed by atoms with E-state index >= 15 is 0 Å². The zero-order chi connectivity index (χ0) is 67.2. The molecule has 0 N–H and O–H groups in total. The quantitative estimate of drug-likeness (QED) is 0.162. The maximum atomic E-state index is 12.8. The topological polar surface area (TPSA) is 47.9 Å². The predicted octanol–water partition coefficient (Wildman–Crippen LogP) is 17.2. The molecule has 6 nitrogen and oxygen atoms in total. The van der Waals surface area contributed by atoms with Gasteiger partial charge in [-0.05, 0) is 61.4 Å². The highest BCUT2D eigenvalue weighted by molar-refractivity contribution is 7.26. The first-order valence-electron chi connectivity index (χ1n) is 33.5. The van der Waals surface area contributed by atoms with E-state index in [1.54, 1.807) is 16.7 Å². The first-order chi connectivity index (χ1) is 44.6. The number of hydrogen-bond acceptors (Lipinski definition) is 2. The number of aromatic nitrogens is 4. The second-order valence-electron chi connectivity index (χ2n) is 16.5. The number of fused-ring (bicyclic) bond motifs is 16. The van der Waals surface area contributed by atoms with E-state index in [2.05, 4.69) is 10.9 Å². The minimum absolute atomic E-state index is 0.204. The molecule has 70 heavy (non-hydrogen) atoms. The van der Waals surface area contributed by atoms with E-state index in [0.29, 0.717) is 26.4 Å². The summed E-state index contributed by atoms with van der Waals surface area (Å²) < 4.78 is 233. The molecule has 0 bridgehead atoms. The van der Waals surface area contributed by atoms with Gasteiger partial charge in [-0.3, -0.25) is 0 Å².